The SMILES string of the molecule is CCC1CCC(N)(c2noc(CSC)n2)CC1. The summed E-state index contributed by atoms with van der Waals surface area (Å²) >= 11 is 1.68. The van der Waals surface area contributed by atoms with Crippen LogP contribution in [-0.2, 0) is 11.3 Å². The van der Waals surface area contributed by atoms with E-state index in [0.29, 0.717) is 11.7 Å². The van der Waals surface area contributed by atoms with Crippen LogP contribution >= 0.6 is 11.8 Å². The second-order valence-electron chi connectivity index (χ2n) is 4.95. The Kier molecular flexibility index (Phi) is 4.09. The molecule has 0 unspecified atom stereocenters. The molecular formula is C12H21N3OS. The molecule has 1 fully saturated rings. The van der Waals surface area contributed by atoms with Crippen molar-refractivity contribution in [2.75, 3.05) is 6.26 Å². The Bertz CT molecular complexity index is 358. The molecule has 0 bridgehead atoms. The van der Waals surface area contributed by atoms with Crippen LogP contribution in [0.25, 0.3) is 0 Å². The van der Waals surface area contributed by atoms with E-state index in [4.69, 9.17) is 10.3 Å². The summed E-state index contributed by atoms with van der Waals surface area (Å²) in [6.45, 7) is 2.25. The summed E-state index contributed by atoms with van der Waals surface area (Å²) in [6, 6.07) is 0. The zero-order valence-electron chi connectivity index (χ0n) is 10.6. The van der Waals surface area contributed by atoms with Crippen molar-refractivity contribution in [3.8, 4) is 0 Å². The van der Waals surface area contributed by atoms with Crippen LogP contribution in [0.5, 0.6) is 0 Å². The van der Waals surface area contributed by atoms with E-state index >= 15 is 0 Å². The monoisotopic (exact) mass is 255 g/mol. The van der Waals surface area contributed by atoms with E-state index in [9.17, 15) is 0 Å². The molecule has 96 valence electrons. The molecule has 1 aromatic rings. The van der Waals surface area contributed by atoms with Crippen LogP contribution in [0, 0.1) is 5.92 Å². The Hall–Kier alpha value is -0.550. The number of rotatable bonds is 4. The highest BCUT2D eigenvalue weighted by Crippen LogP contribution is 2.37. The molecule has 2 N–H and O–H groups in total. The van der Waals surface area contributed by atoms with Gasteiger partial charge >= 0.3 is 0 Å². The van der Waals surface area contributed by atoms with E-state index in [1.165, 1.54) is 19.3 Å². The van der Waals surface area contributed by atoms with E-state index in [2.05, 4.69) is 17.1 Å². The van der Waals surface area contributed by atoms with Gasteiger partial charge in [0.1, 0.15) is 0 Å². The second-order valence-corrected chi connectivity index (χ2v) is 5.82. The van der Waals surface area contributed by atoms with Crippen LogP contribution < -0.4 is 5.73 Å². The quantitative estimate of drug-likeness (QED) is 0.896. The predicted molar refractivity (Wildman–Crippen MR) is 69.6 cm³/mol. The molecule has 17 heavy (non-hydrogen) atoms. The lowest BCUT2D eigenvalue weighted by Crippen LogP contribution is -2.41. The van der Waals surface area contributed by atoms with Crippen molar-refractivity contribution in [2.45, 2.75) is 50.3 Å². The number of nitrogens with two attached hydrogens (primary N) is 1. The van der Waals surface area contributed by atoms with Crippen LogP contribution in [0.3, 0.4) is 0 Å². The fourth-order valence-electron chi connectivity index (χ4n) is 2.46. The summed E-state index contributed by atoms with van der Waals surface area (Å²) in [6.07, 6.45) is 7.58. The van der Waals surface area contributed by atoms with Gasteiger partial charge in [-0.3, -0.25) is 0 Å². The second kappa shape index (κ2) is 5.40. The highest BCUT2D eigenvalue weighted by molar-refractivity contribution is 7.97. The minimum Gasteiger partial charge on any atom is -0.338 e. The third kappa shape index (κ3) is 2.83. The van der Waals surface area contributed by atoms with Crippen molar-refractivity contribution in [3.63, 3.8) is 0 Å². The molecule has 0 atom stereocenters. The zero-order valence-corrected chi connectivity index (χ0v) is 11.4. The van der Waals surface area contributed by atoms with Crippen LogP contribution in [0.1, 0.15) is 50.7 Å². The molecule has 0 spiro atoms. The molecule has 0 amide bonds. The van der Waals surface area contributed by atoms with Crippen molar-refractivity contribution < 1.29 is 4.52 Å². The van der Waals surface area contributed by atoms with Crippen molar-refractivity contribution >= 4 is 11.8 Å². The zero-order chi connectivity index (χ0) is 12.3. The van der Waals surface area contributed by atoms with E-state index in [0.717, 1.165) is 24.5 Å². The topological polar surface area (TPSA) is 64.9 Å². The van der Waals surface area contributed by atoms with Gasteiger partial charge in [0.05, 0.1) is 11.3 Å². The molecule has 1 aliphatic carbocycles. The number of hydrogen-bond donors (Lipinski definition) is 1. The molecule has 1 aromatic heterocycles. The highest BCUT2D eigenvalue weighted by Gasteiger charge is 2.36. The lowest BCUT2D eigenvalue weighted by atomic mass is 9.76. The van der Waals surface area contributed by atoms with Gasteiger partial charge in [0.2, 0.25) is 5.89 Å². The van der Waals surface area contributed by atoms with Gasteiger partial charge in [-0.25, -0.2) is 0 Å². The molecule has 0 aromatic carbocycles. The van der Waals surface area contributed by atoms with Gasteiger partial charge < -0.3 is 10.3 Å². The van der Waals surface area contributed by atoms with E-state index in [-0.39, 0.29) is 5.54 Å². The molecule has 5 heteroatoms. The normalized spacial score (nSPS) is 29.5. The van der Waals surface area contributed by atoms with Gasteiger partial charge in [-0.05, 0) is 37.9 Å². The number of thioether (sulfide) groups is 1. The average Bonchev–Trinajstić information content (AvgIpc) is 2.80. The van der Waals surface area contributed by atoms with Crippen LogP contribution in [0.2, 0.25) is 0 Å². The Morgan fingerprint density at radius 2 is 2.18 bits per heavy atom. The average molecular weight is 255 g/mol. The summed E-state index contributed by atoms with van der Waals surface area (Å²) in [4.78, 5) is 4.42. The molecular weight excluding hydrogens is 234 g/mol. The lowest BCUT2D eigenvalue weighted by molar-refractivity contribution is 0.216. The van der Waals surface area contributed by atoms with Crippen LogP contribution in [0.15, 0.2) is 4.52 Å². The smallest absolute Gasteiger partial charge is 0.236 e. The lowest BCUT2D eigenvalue weighted by Gasteiger charge is -2.34. The minimum absolute atomic E-state index is 0.355. The first kappa shape index (κ1) is 12.9. The fourth-order valence-corrected chi connectivity index (χ4v) is 2.83. The van der Waals surface area contributed by atoms with Gasteiger partial charge in [-0.1, -0.05) is 18.5 Å². The summed E-state index contributed by atoms with van der Waals surface area (Å²) in [5.41, 5.74) is 6.06. The van der Waals surface area contributed by atoms with Gasteiger partial charge in [0, 0.05) is 0 Å². The predicted octanol–water partition coefficient (Wildman–Crippen LogP) is 2.69. The Morgan fingerprint density at radius 1 is 1.47 bits per heavy atom. The summed E-state index contributed by atoms with van der Waals surface area (Å²) in [5.74, 6) is 2.98. The van der Waals surface area contributed by atoms with Gasteiger partial charge in [-0.2, -0.15) is 16.7 Å². The molecule has 1 aliphatic rings. The molecule has 0 aliphatic heterocycles. The molecule has 0 saturated heterocycles. The number of hydrogen-bond acceptors (Lipinski definition) is 5. The van der Waals surface area contributed by atoms with Crippen molar-refractivity contribution in [1.82, 2.24) is 10.1 Å². The first-order chi connectivity index (χ1) is 8.18. The first-order valence-corrected chi connectivity index (χ1v) is 7.68. The Balaban J connectivity index is 2.05. The standard InChI is InChI=1S/C12H21N3OS/c1-3-9-4-6-12(13,7-5-9)11-14-10(8-17-2)16-15-11/h9H,3-8,13H2,1-2H3. The Labute approximate surface area is 107 Å². The van der Waals surface area contributed by atoms with Crippen LogP contribution in [0.4, 0.5) is 0 Å². The molecule has 1 heterocycles. The van der Waals surface area contributed by atoms with Gasteiger partial charge in [-0.15, -0.1) is 0 Å². The third-order valence-electron chi connectivity index (χ3n) is 3.76. The molecule has 4 nitrogen and oxygen atoms in total. The van der Waals surface area contributed by atoms with E-state index < -0.39 is 0 Å². The van der Waals surface area contributed by atoms with E-state index in [1.807, 2.05) is 6.26 Å². The number of aromatic nitrogens is 2. The summed E-state index contributed by atoms with van der Waals surface area (Å²) in [5, 5.41) is 4.06. The first-order valence-electron chi connectivity index (χ1n) is 6.29. The fraction of sp³-hybridized carbons (Fsp3) is 0.833. The summed E-state index contributed by atoms with van der Waals surface area (Å²) in [7, 11) is 0. The van der Waals surface area contributed by atoms with Gasteiger partial charge in [0.15, 0.2) is 5.82 Å². The number of nitrogens with zero attached hydrogens (tertiary/aromatic N) is 2. The summed E-state index contributed by atoms with van der Waals surface area (Å²) < 4.78 is 5.21. The molecule has 2 rings (SSSR count). The molecule has 0 radical (unpaired) electrons. The van der Waals surface area contributed by atoms with E-state index in [1.54, 1.807) is 11.8 Å². The largest absolute Gasteiger partial charge is 0.338 e. The van der Waals surface area contributed by atoms with Gasteiger partial charge in [0.25, 0.3) is 0 Å². The van der Waals surface area contributed by atoms with Crippen LogP contribution in [-0.4, -0.2) is 16.4 Å². The maximum atomic E-state index is 6.41. The Morgan fingerprint density at radius 3 is 2.76 bits per heavy atom. The maximum Gasteiger partial charge on any atom is 0.236 e. The minimum atomic E-state index is -0.355. The maximum absolute atomic E-state index is 6.41. The van der Waals surface area contributed by atoms with Crippen molar-refractivity contribution in [1.29, 1.82) is 0 Å². The molecule has 1 saturated carbocycles. The van der Waals surface area contributed by atoms with Crippen molar-refractivity contribution in [2.24, 2.45) is 11.7 Å². The highest BCUT2D eigenvalue weighted by atomic mass is 32.2. The third-order valence-corrected chi connectivity index (χ3v) is 4.29. The van der Waals surface area contributed by atoms with Crippen molar-refractivity contribution in [3.05, 3.63) is 11.7 Å².